The van der Waals surface area contributed by atoms with E-state index in [0.29, 0.717) is 18.1 Å². The van der Waals surface area contributed by atoms with E-state index in [0.717, 1.165) is 0 Å². The highest BCUT2D eigenvalue weighted by molar-refractivity contribution is 5.81. The lowest BCUT2D eigenvalue weighted by molar-refractivity contribution is -0.386. The molecule has 1 unspecified atom stereocenters. The summed E-state index contributed by atoms with van der Waals surface area (Å²) >= 11 is 0. The van der Waals surface area contributed by atoms with Crippen LogP contribution in [0.2, 0.25) is 0 Å². The van der Waals surface area contributed by atoms with Crippen LogP contribution in [-0.4, -0.2) is 28.4 Å². The lowest BCUT2D eigenvalue weighted by Gasteiger charge is -2.24. The summed E-state index contributed by atoms with van der Waals surface area (Å²) in [6.07, 6.45) is 0.526. The smallest absolute Gasteiger partial charge is 0.311 e. The van der Waals surface area contributed by atoms with E-state index in [1.54, 1.807) is 12.1 Å². The highest BCUT2D eigenvalue weighted by Gasteiger charge is 2.25. The lowest BCUT2D eigenvalue weighted by atomic mass is 10.2. The first-order chi connectivity index (χ1) is 14.9. The number of benzene rings is 2. The summed E-state index contributed by atoms with van der Waals surface area (Å²) in [6.45, 7) is 3.99. The number of nitro benzene ring substituents is 1. The molecule has 0 aliphatic rings. The fraction of sp³-hybridized carbons (Fsp3) is 0.227. The fourth-order valence-corrected chi connectivity index (χ4v) is 2.88. The van der Waals surface area contributed by atoms with Crippen LogP contribution in [0.1, 0.15) is 19.6 Å². The van der Waals surface area contributed by atoms with Crippen molar-refractivity contribution in [1.29, 1.82) is 0 Å². The zero-order valence-corrected chi connectivity index (χ0v) is 17.0. The minimum Gasteiger partial charge on any atom is -0.474 e. The molecule has 0 spiro atoms. The van der Waals surface area contributed by atoms with Crippen molar-refractivity contribution >= 4 is 11.6 Å². The van der Waals surface area contributed by atoms with Crippen molar-refractivity contribution in [2.24, 2.45) is 0 Å². The van der Waals surface area contributed by atoms with Gasteiger partial charge in [0.15, 0.2) is 6.10 Å². The van der Waals surface area contributed by atoms with Gasteiger partial charge < -0.3 is 18.8 Å². The Kier molecular flexibility index (Phi) is 6.86. The lowest BCUT2D eigenvalue weighted by Crippen LogP contribution is -2.40. The maximum atomic E-state index is 13.1. The highest BCUT2D eigenvalue weighted by Crippen LogP contribution is 2.34. The summed E-state index contributed by atoms with van der Waals surface area (Å²) in [5.41, 5.74) is -0.305. The standard InChI is InChI=1S/C22H21FN2O6/c1-3-24(14-19-5-4-12-29-19)22(26)15(2)30-21-13-18(10-11-20(21)25(27)28)31-17-8-6-16(23)7-9-17/h4-13,15H,3,14H2,1-2H3. The number of nitro groups is 1. The van der Waals surface area contributed by atoms with E-state index in [2.05, 4.69) is 0 Å². The van der Waals surface area contributed by atoms with E-state index in [4.69, 9.17) is 13.9 Å². The first-order valence-electron chi connectivity index (χ1n) is 9.57. The molecule has 0 aliphatic carbocycles. The van der Waals surface area contributed by atoms with Crippen molar-refractivity contribution < 1.29 is 28.0 Å². The second-order valence-corrected chi connectivity index (χ2v) is 6.63. The van der Waals surface area contributed by atoms with Gasteiger partial charge in [-0.25, -0.2) is 4.39 Å². The van der Waals surface area contributed by atoms with Crippen molar-refractivity contribution in [3.63, 3.8) is 0 Å². The quantitative estimate of drug-likeness (QED) is 0.354. The molecule has 3 rings (SSSR count). The van der Waals surface area contributed by atoms with Gasteiger partial charge in [0.1, 0.15) is 23.1 Å². The summed E-state index contributed by atoms with van der Waals surface area (Å²) < 4.78 is 29.6. The van der Waals surface area contributed by atoms with Crippen molar-refractivity contribution in [3.8, 4) is 17.2 Å². The SMILES string of the molecule is CCN(Cc1ccco1)C(=O)C(C)Oc1cc(Oc2ccc(F)cc2)ccc1[N+](=O)[O-]. The molecule has 2 aromatic carbocycles. The number of hydrogen-bond donors (Lipinski definition) is 0. The van der Waals surface area contributed by atoms with Gasteiger partial charge in [-0.3, -0.25) is 14.9 Å². The predicted octanol–water partition coefficient (Wildman–Crippen LogP) is 4.94. The molecule has 0 N–H and O–H groups in total. The Morgan fingerprint density at radius 3 is 2.52 bits per heavy atom. The van der Waals surface area contributed by atoms with E-state index in [1.165, 1.54) is 60.6 Å². The van der Waals surface area contributed by atoms with Gasteiger partial charge in [0.25, 0.3) is 5.91 Å². The molecule has 9 heteroatoms. The molecule has 3 aromatic rings. The Labute approximate surface area is 177 Å². The van der Waals surface area contributed by atoms with Gasteiger partial charge in [-0.2, -0.15) is 0 Å². The maximum Gasteiger partial charge on any atom is 0.311 e. The molecule has 1 aromatic heterocycles. The Bertz CT molecular complexity index is 1040. The van der Waals surface area contributed by atoms with Crippen LogP contribution < -0.4 is 9.47 Å². The molecule has 31 heavy (non-hydrogen) atoms. The third-order valence-electron chi connectivity index (χ3n) is 4.45. The predicted molar refractivity (Wildman–Crippen MR) is 109 cm³/mol. The summed E-state index contributed by atoms with van der Waals surface area (Å²) in [5, 5.41) is 11.4. The second kappa shape index (κ2) is 9.75. The van der Waals surface area contributed by atoms with Crippen LogP contribution in [0.5, 0.6) is 17.2 Å². The van der Waals surface area contributed by atoms with Crippen LogP contribution in [0.25, 0.3) is 0 Å². The number of hydrogen-bond acceptors (Lipinski definition) is 6. The highest BCUT2D eigenvalue weighted by atomic mass is 19.1. The van der Waals surface area contributed by atoms with E-state index >= 15 is 0 Å². The topological polar surface area (TPSA) is 95.1 Å². The van der Waals surface area contributed by atoms with Gasteiger partial charge in [0.05, 0.1) is 17.7 Å². The van der Waals surface area contributed by atoms with E-state index in [-0.39, 0.29) is 29.6 Å². The third-order valence-corrected chi connectivity index (χ3v) is 4.45. The molecule has 1 atom stereocenters. The number of ether oxygens (including phenoxy) is 2. The number of amides is 1. The van der Waals surface area contributed by atoms with Crippen molar-refractivity contribution in [2.45, 2.75) is 26.5 Å². The number of nitrogens with zero attached hydrogens (tertiary/aromatic N) is 2. The van der Waals surface area contributed by atoms with Gasteiger partial charge in [-0.15, -0.1) is 0 Å². The minimum absolute atomic E-state index is 0.112. The number of furan rings is 1. The van der Waals surface area contributed by atoms with Crippen LogP contribution >= 0.6 is 0 Å². The number of likely N-dealkylation sites (N-methyl/N-ethyl adjacent to an activating group) is 1. The summed E-state index contributed by atoms with van der Waals surface area (Å²) in [6, 6.07) is 12.8. The summed E-state index contributed by atoms with van der Waals surface area (Å²) in [4.78, 5) is 25.2. The van der Waals surface area contributed by atoms with Crippen LogP contribution in [0.15, 0.2) is 65.3 Å². The van der Waals surface area contributed by atoms with E-state index in [1.807, 2.05) is 6.92 Å². The van der Waals surface area contributed by atoms with Gasteiger partial charge in [0, 0.05) is 18.7 Å². The van der Waals surface area contributed by atoms with Gasteiger partial charge >= 0.3 is 5.69 Å². The van der Waals surface area contributed by atoms with E-state index in [9.17, 15) is 19.3 Å². The number of halogens is 1. The molecule has 0 radical (unpaired) electrons. The Morgan fingerprint density at radius 2 is 1.90 bits per heavy atom. The van der Waals surface area contributed by atoms with Gasteiger partial charge in [-0.05, 0) is 56.3 Å². The molecule has 1 amide bonds. The Balaban J connectivity index is 1.78. The summed E-state index contributed by atoms with van der Waals surface area (Å²) in [5.74, 6) is 0.332. The van der Waals surface area contributed by atoms with Crippen molar-refractivity contribution in [3.05, 3.63) is 82.6 Å². The average molecular weight is 428 g/mol. The van der Waals surface area contributed by atoms with Crippen LogP contribution in [0.4, 0.5) is 10.1 Å². The van der Waals surface area contributed by atoms with Crippen molar-refractivity contribution in [2.75, 3.05) is 6.54 Å². The zero-order chi connectivity index (χ0) is 22.4. The molecule has 0 bridgehead atoms. The Hall–Kier alpha value is -3.88. The molecule has 162 valence electrons. The van der Waals surface area contributed by atoms with Gasteiger partial charge in [-0.1, -0.05) is 0 Å². The largest absolute Gasteiger partial charge is 0.474 e. The monoisotopic (exact) mass is 428 g/mol. The Morgan fingerprint density at radius 1 is 1.19 bits per heavy atom. The maximum absolute atomic E-state index is 13.1. The van der Waals surface area contributed by atoms with Crippen LogP contribution in [0, 0.1) is 15.9 Å². The van der Waals surface area contributed by atoms with Gasteiger partial charge in [0.2, 0.25) is 5.75 Å². The number of carbonyl (C=O) groups excluding carboxylic acids is 1. The fourth-order valence-electron chi connectivity index (χ4n) is 2.88. The molecule has 0 saturated carbocycles. The van der Waals surface area contributed by atoms with Crippen molar-refractivity contribution in [1.82, 2.24) is 4.90 Å². The third kappa shape index (κ3) is 5.59. The molecule has 0 aliphatic heterocycles. The molecule has 0 saturated heterocycles. The molecule has 0 fully saturated rings. The van der Waals surface area contributed by atoms with Crippen LogP contribution in [-0.2, 0) is 11.3 Å². The summed E-state index contributed by atoms with van der Waals surface area (Å²) in [7, 11) is 0. The van der Waals surface area contributed by atoms with E-state index < -0.39 is 16.8 Å². The zero-order valence-electron chi connectivity index (χ0n) is 17.0. The molecule has 8 nitrogen and oxygen atoms in total. The van der Waals surface area contributed by atoms with Crippen LogP contribution in [0.3, 0.4) is 0 Å². The molecular weight excluding hydrogens is 407 g/mol. The first-order valence-corrected chi connectivity index (χ1v) is 9.57. The second-order valence-electron chi connectivity index (χ2n) is 6.63. The molecule has 1 heterocycles. The number of carbonyl (C=O) groups is 1. The average Bonchev–Trinajstić information content (AvgIpc) is 3.26. The first kappa shape index (κ1) is 21.8. The number of rotatable bonds is 9. The molecular formula is C22H21FN2O6. The normalized spacial score (nSPS) is 11.6. The minimum atomic E-state index is -0.991.